The SMILES string of the molecule is [N-]=[N+]=Nc1cc(CC([NH3+])C(=O)O)ccc1O. The van der Waals surface area contributed by atoms with E-state index in [9.17, 15) is 9.90 Å². The van der Waals surface area contributed by atoms with Crippen LogP contribution < -0.4 is 5.73 Å². The quantitative estimate of drug-likeness (QED) is 0.391. The first-order chi connectivity index (χ1) is 7.54. The van der Waals surface area contributed by atoms with Gasteiger partial charge >= 0.3 is 5.97 Å². The third-order valence-corrected chi connectivity index (χ3v) is 2.02. The van der Waals surface area contributed by atoms with Gasteiger partial charge in [0.05, 0.1) is 5.69 Å². The molecule has 1 unspecified atom stereocenters. The molecule has 0 aliphatic heterocycles. The lowest BCUT2D eigenvalue weighted by Gasteiger charge is -2.05. The summed E-state index contributed by atoms with van der Waals surface area (Å²) in [5, 5.41) is 21.3. The number of hydrogen-bond donors (Lipinski definition) is 3. The van der Waals surface area contributed by atoms with Crippen LogP contribution in [0.2, 0.25) is 0 Å². The lowest BCUT2D eigenvalue weighted by atomic mass is 10.1. The average Bonchev–Trinajstić information content (AvgIpc) is 2.23. The number of aliphatic carboxylic acids is 1. The number of azide groups is 1. The molecule has 84 valence electrons. The molecule has 16 heavy (non-hydrogen) atoms. The fraction of sp³-hybridized carbons (Fsp3) is 0.222. The highest BCUT2D eigenvalue weighted by Gasteiger charge is 2.16. The number of carbonyl (C=O) groups is 1. The zero-order valence-corrected chi connectivity index (χ0v) is 8.37. The first kappa shape index (κ1) is 11.8. The van der Waals surface area contributed by atoms with Crippen LogP contribution in [0.15, 0.2) is 23.3 Å². The average molecular weight is 223 g/mol. The first-order valence-electron chi connectivity index (χ1n) is 4.47. The molecular formula is C9H11N4O3+. The molecule has 0 saturated heterocycles. The van der Waals surface area contributed by atoms with E-state index in [1.54, 1.807) is 6.07 Å². The summed E-state index contributed by atoms with van der Waals surface area (Å²) >= 11 is 0. The second-order valence-corrected chi connectivity index (χ2v) is 3.25. The summed E-state index contributed by atoms with van der Waals surface area (Å²) < 4.78 is 0. The summed E-state index contributed by atoms with van der Waals surface area (Å²) in [5.41, 5.74) is 12.4. The molecule has 0 bridgehead atoms. The van der Waals surface area contributed by atoms with Crippen molar-refractivity contribution in [3.8, 4) is 5.75 Å². The molecule has 5 N–H and O–H groups in total. The molecule has 0 aliphatic carbocycles. The number of benzene rings is 1. The molecule has 0 heterocycles. The molecule has 0 aromatic heterocycles. The maximum atomic E-state index is 10.6. The molecule has 0 aliphatic rings. The summed E-state index contributed by atoms with van der Waals surface area (Å²) in [6.45, 7) is 0. The zero-order chi connectivity index (χ0) is 12.1. The maximum Gasteiger partial charge on any atom is 0.362 e. The van der Waals surface area contributed by atoms with Crippen LogP contribution in [0.4, 0.5) is 5.69 Å². The van der Waals surface area contributed by atoms with Crippen LogP contribution in [-0.2, 0) is 11.2 Å². The Kier molecular flexibility index (Phi) is 3.71. The molecule has 7 nitrogen and oxygen atoms in total. The molecule has 0 spiro atoms. The summed E-state index contributed by atoms with van der Waals surface area (Å²) in [4.78, 5) is 13.1. The molecule has 0 amide bonds. The number of phenolic OH excluding ortho intramolecular Hbond substituents is 1. The fourth-order valence-corrected chi connectivity index (χ4v) is 1.20. The van der Waals surface area contributed by atoms with Gasteiger partial charge in [0.2, 0.25) is 0 Å². The monoisotopic (exact) mass is 223 g/mol. The molecule has 1 atom stereocenters. The number of carboxylic acid groups (broad SMARTS) is 1. The Morgan fingerprint density at radius 1 is 1.62 bits per heavy atom. The third kappa shape index (κ3) is 2.88. The van der Waals surface area contributed by atoms with Crippen molar-refractivity contribution in [3.05, 3.63) is 34.2 Å². The first-order valence-corrected chi connectivity index (χ1v) is 4.47. The van der Waals surface area contributed by atoms with Crippen LogP contribution in [0, 0.1) is 0 Å². The number of phenols is 1. The topological polar surface area (TPSA) is 134 Å². The number of rotatable bonds is 4. The van der Waals surface area contributed by atoms with Gasteiger partial charge in [-0.3, -0.25) is 0 Å². The van der Waals surface area contributed by atoms with Crippen molar-refractivity contribution in [2.24, 2.45) is 5.11 Å². The fourth-order valence-electron chi connectivity index (χ4n) is 1.20. The highest BCUT2D eigenvalue weighted by atomic mass is 16.4. The minimum absolute atomic E-state index is 0.0811. The van der Waals surface area contributed by atoms with Gasteiger partial charge in [0.15, 0.2) is 6.04 Å². The van der Waals surface area contributed by atoms with Crippen molar-refractivity contribution < 1.29 is 20.7 Å². The van der Waals surface area contributed by atoms with Gasteiger partial charge in [-0.2, -0.15) is 0 Å². The normalized spacial score (nSPS) is 11.6. The number of nitrogens with zero attached hydrogens (tertiary/aromatic N) is 3. The highest BCUT2D eigenvalue weighted by Crippen LogP contribution is 2.27. The van der Waals surface area contributed by atoms with Crippen LogP contribution >= 0.6 is 0 Å². The molecule has 7 heteroatoms. The van der Waals surface area contributed by atoms with E-state index in [2.05, 4.69) is 15.8 Å². The van der Waals surface area contributed by atoms with E-state index in [1.807, 2.05) is 0 Å². The van der Waals surface area contributed by atoms with Crippen LogP contribution in [0.1, 0.15) is 5.56 Å². The van der Waals surface area contributed by atoms with Crippen LogP contribution in [0.3, 0.4) is 0 Å². The van der Waals surface area contributed by atoms with E-state index < -0.39 is 12.0 Å². The van der Waals surface area contributed by atoms with E-state index in [0.29, 0.717) is 5.56 Å². The van der Waals surface area contributed by atoms with Crippen molar-refractivity contribution in [2.45, 2.75) is 12.5 Å². The lowest BCUT2D eigenvalue weighted by molar-refractivity contribution is -0.407. The van der Waals surface area contributed by atoms with Gasteiger partial charge in [-0.25, -0.2) is 4.79 Å². The van der Waals surface area contributed by atoms with Gasteiger partial charge in [-0.05, 0) is 23.2 Å². The van der Waals surface area contributed by atoms with Gasteiger partial charge in [0.25, 0.3) is 0 Å². The van der Waals surface area contributed by atoms with Crippen LogP contribution in [0.5, 0.6) is 5.75 Å². The Labute approximate surface area is 90.7 Å². The summed E-state index contributed by atoms with van der Waals surface area (Å²) in [5.74, 6) is -1.14. The summed E-state index contributed by atoms with van der Waals surface area (Å²) in [6.07, 6.45) is 0.212. The van der Waals surface area contributed by atoms with Crippen LogP contribution in [-0.4, -0.2) is 22.2 Å². The molecule has 1 aromatic carbocycles. The van der Waals surface area contributed by atoms with Gasteiger partial charge in [-0.1, -0.05) is 11.2 Å². The van der Waals surface area contributed by atoms with E-state index in [-0.39, 0.29) is 17.9 Å². The van der Waals surface area contributed by atoms with Crippen LogP contribution in [0.25, 0.3) is 10.4 Å². The second-order valence-electron chi connectivity index (χ2n) is 3.25. The summed E-state index contributed by atoms with van der Waals surface area (Å²) in [6, 6.07) is 3.58. The Morgan fingerprint density at radius 2 is 2.31 bits per heavy atom. The zero-order valence-electron chi connectivity index (χ0n) is 8.37. The molecule has 0 saturated carbocycles. The Morgan fingerprint density at radius 3 is 2.88 bits per heavy atom. The van der Waals surface area contributed by atoms with Crippen molar-refractivity contribution in [1.82, 2.24) is 0 Å². The highest BCUT2D eigenvalue weighted by molar-refractivity contribution is 5.72. The minimum atomic E-state index is -1.00. The number of carboxylic acids is 1. The standard InChI is InChI=1S/C9H10N4O3/c10-6(9(15)16)3-5-1-2-8(14)7(4-5)12-13-11/h1-2,4,6,14H,3,10H2,(H,15,16)/p+1. The predicted octanol–water partition coefficient (Wildman–Crippen LogP) is 0.572. The van der Waals surface area contributed by atoms with Gasteiger partial charge in [0.1, 0.15) is 5.75 Å². The number of aromatic hydroxyl groups is 1. The molecule has 0 radical (unpaired) electrons. The van der Waals surface area contributed by atoms with Crippen molar-refractivity contribution in [2.75, 3.05) is 0 Å². The van der Waals surface area contributed by atoms with Crippen molar-refractivity contribution in [3.63, 3.8) is 0 Å². The largest absolute Gasteiger partial charge is 0.507 e. The molecule has 1 aromatic rings. The molecule has 1 rings (SSSR count). The van der Waals surface area contributed by atoms with E-state index in [0.717, 1.165) is 0 Å². The van der Waals surface area contributed by atoms with Crippen molar-refractivity contribution in [1.29, 1.82) is 0 Å². The smallest absolute Gasteiger partial charge is 0.362 e. The van der Waals surface area contributed by atoms with Gasteiger partial charge < -0.3 is 15.9 Å². The number of hydrogen-bond acceptors (Lipinski definition) is 3. The predicted molar refractivity (Wildman–Crippen MR) is 54.9 cm³/mol. The van der Waals surface area contributed by atoms with Gasteiger partial charge in [0, 0.05) is 11.3 Å². The minimum Gasteiger partial charge on any atom is -0.507 e. The number of quaternary nitrogens is 1. The van der Waals surface area contributed by atoms with E-state index in [1.165, 1.54) is 12.1 Å². The molecule has 0 fully saturated rings. The van der Waals surface area contributed by atoms with Crippen molar-refractivity contribution >= 4 is 11.7 Å². The summed E-state index contributed by atoms with van der Waals surface area (Å²) in [7, 11) is 0. The Bertz CT molecular complexity index is 454. The third-order valence-electron chi connectivity index (χ3n) is 2.02. The Balaban J connectivity index is 2.94. The van der Waals surface area contributed by atoms with E-state index in [4.69, 9.17) is 10.6 Å². The Hall–Kier alpha value is -2.24. The second kappa shape index (κ2) is 5.01. The van der Waals surface area contributed by atoms with E-state index >= 15 is 0 Å². The maximum absolute atomic E-state index is 10.6. The van der Waals surface area contributed by atoms with Gasteiger partial charge in [-0.15, -0.1) is 0 Å². The molecular weight excluding hydrogens is 212 g/mol. The lowest BCUT2D eigenvalue weighted by Crippen LogP contribution is -2.65.